The largest absolute Gasteiger partial charge is 0.412 e. The summed E-state index contributed by atoms with van der Waals surface area (Å²) in [4.78, 5) is 0. The van der Waals surface area contributed by atoms with E-state index in [-0.39, 0.29) is 299 Å². The van der Waals surface area contributed by atoms with Crippen molar-refractivity contribution in [3.05, 3.63) is 0 Å². The molecule has 0 unspecified atom stereocenters. The Morgan fingerprint density at radius 2 is 0.0800 bits per heavy atom. The Morgan fingerprint density at radius 3 is 0.0800 bits per heavy atom. The molecule has 0 aromatic rings. The van der Waals surface area contributed by atoms with Gasteiger partial charge in [0.2, 0.25) is 0 Å². The minimum atomic E-state index is 0. The van der Waals surface area contributed by atoms with Gasteiger partial charge in [-0.25, -0.2) is 0 Å². The summed E-state index contributed by atoms with van der Waals surface area (Å²) in [5.74, 6) is 0. The Bertz CT molecular complexity index is 24.3. The molecule has 0 rings (SSSR count). The molecule has 25 heteroatoms. The van der Waals surface area contributed by atoms with Crippen molar-refractivity contribution in [2.75, 3.05) is 0 Å². The summed E-state index contributed by atoms with van der Waals surface area (Å²) >= 11 is 0. The zero-order valence-corrected chi connectivity index (χ0v) is 28.1. The first kappa shape index (κ1) is 687. The standard InChI is InChI=1S/15H2O.10Ti/h15*1H2;;;;;;;;;;. The number of rotatable bonds is 0. The molecule has 15 nitrogen and oxygen atoms in total. The van der Waals surface area contributed by atoms with Crippen molar-refractivity contribution < 1.29 is 299 Å². The Balaban J connectivity index is 0. The van der Waals surface area contributed by atoms with Crippen LogP contribution < -0.4 is 0 Å². The quantitative estimate of drug-likeness (QED) is 0.208. The van der Waals surface area contributed by atoms with Crippen LogP contribution in [-0.4, -0.2) is 82.1 Å². The van der Waals surface area contributed by atoms with Crippen LogP contribution in [0.15, 0.2) is 0 Å². The molecule has 0 saturated heterocycles. The van der Waals surface area contributed by atoms with Gasteiger partial charge in [-0.3, -0.25) is 0 Å². The van der Waals surface area contributed by atoms with Crippen LogP contribution in [0, 0.1) is 0 Å². The van der Waals surface area contributed by atoms with Crippen LogP contribution in [0.5, 0.6) is 0 Å². The predicted octanol–water partition coefficient (Wildman–Crippen LogP) is -12.4. The van der Waals surface area contributed by atoms with Crippen molar-refractivity contribution in [3.63, 3.8) is 0 Å². The van der Waals surface area contributed by atoms with Gasteiger partial charge in [-0.15, -0.1) is 0 Å². The predicted molar refractivity (Wildman–Crippen MR) is 54.2 cm³/mol. The fourth-order valence-corrected chi connectivity index (χ4v) is 0. The third kappa shape index (κ3) is 581. The van der Waals surface area contributed by atoms with Crippen LogP contribution >= 0.6 is 0 Å². The summed E-state index contributed by atoms with van der Waals surface area (Å²) in [6.07, 6.45) is 0. The molecule has 0 aliphatic rings. The van der Waals surface area contributed by atoms with E-state index < -0.39 is 0 Å². The van der Waals surface area contributed by atoms with Gasteiger partial charge in [0.25, 0.3) is 0 Å². The molecule has 30 N–H and O–H groups in total. The molecule has 0 radical (unpaired) electrons. The SMILES string of the molecule is O.O.O.O.O.O.O.O.O.O.O.O.O.O.O.[Ti].[Ti].[Ti].[Ti].[Ti].[Ti].[Ti].[Ti].[Ti].[Ti]. The number of hydrogen-bond acceptors (Lipinski definition) is 0. The van der Waals surface area contributed by atoms with E-state index in [0.717, 1.165) is 0 Å². The van der Waals surface area contributed by atoms with Gasteiger partial charge in [0, 0.05) is 217 Å². The Hall–Kier alpha value is 6.54. The Morgan fingerprint density at radius 1 is 0.0800 bits per heavy atom. The maximum atomic E-state index is 0. The fourth-order valence-electron chi connectivity index (χ4n) is 0. The van der Waals surface area contributed by atoms with Crippen LogP contribution in [-0.2, 0) is 217 Å². The summed E-state index contributed by atoms with van der Waals surface area (Å²) in [5, 5.41) is 0. The first-order chi connectivity index (χ1) is 0. The molecule has 0 spiro atoms. The molecule has 0 aliphatic heterocycles. The van der Waals surface area contributed by atoms with Gasteiger partial charge in [-0.05, 0) is 0 Å². The average Bonchev–Trinajstić information content (AvgIpc) is 0. The van der Waals surface area contributed by atoms with Crippen LogP contribution in [0.25, 0.3) is 0 Å². The summed E-state index contributed by atoms with van der Waals surface area (Å²) in [7, 11) is 0. The van der Waals surface area contributed by atoms with E-state index in [9.17, 15) is 0 Å². The fraction of sp³-hybridized carbons (Fsp3) is 0. The Labute approximate surface area is 294 Å². The summed E-state index contributed by atoms with van der Waals surface area (Å²) in [5.41, 5.74) is 0. The minimum absolute atomic E-state index is 0. The molecule has 0 atom stereocenters. The summed E-state index contributed by atoms with van der Waals surface area (Å²) in [6, 6.07) is 0. The topological polar surface area (TPSA) is 472 Å². The summed E-state index contributed by atoms with van der Waals surface area (Å²) in [6.45, 7) is 0. The van der Waals surface area contributed by atoms with Crippen LogP contribution in [0.2, 0.25) is 0 Å². The molecule has 160 valence electrons. The first-order valence-corrected chi connectivity index (χ1v) is 0. The maximum absolute atomic E-state index is 0. The molecule has 0 aromatic heterocycles. The van der Waals surface area contributed by atoms with E-state index in [1.165, 1.54) is 0 Å². The zero-order chi connectivity index (χ0) is 0. The van der Waals surface area contributed by atoms with Gasteiger partial charge in [-0.1, -0.05) is 0 Å². The van der Waals surface area contributed by atoms with Gasteiger partial charge in [0.15, 0.2) is 0 Å². The molecule has 0 aliphatic carbocycles. The van der Waals surface area contributed by atoms with E-state index >= 15 is 0 Å². The third-order valence-electron chi connectivity index (χ3n) is 0. The molecule has 0 aromatic carbocycles. The molecule has 25 heavy (non-hydrogen) atoms. The number of hydrogen-bond donors (Lipinski definition) is 0. The minimum Gasteiger partial charge on any atom is -0.412 e. The van der Waals surface area contributed by atoms with Crippen molar-refractivity contribution in [1.29, 1.82) is 0 Å². The monoisotopic (exact) mass is 750 g/mol. The van der Waals surface area contributed by atoms with Gasteiger partial charge >= 0.3 is 0 Å². The second-order valence-electron chi connectivity index (χ2n) is 0. The van der Waals surface area contributed by atoms with E-state index in [1.807, 2.05) is 0 Å². The van der Waals surface area contributed by atoms with Gasteiger partial charge in [0.05, 0.1) is 0 Å². The first-order valence-electron chi connectivity index (χ1n) is 0. The molecule has 0 amide bonds. The molecule has 0 saturated carbocycles. The van der Waals surface area contributed by atoms with E-state index in [0.29, 0.717) is 0 Å². The van der Waals surface area contributed by atoms with Crippen molar-refractivity contribution in [2.45, 2.75) is 0 Å². The van der Waals surface area contributed by atoms with Gasteiger partial charge in [-0.2, -0.15) is 0 Å². The summed E-state index contributed by atoms with van der Waals surface area (Å²) < 4.78 is 0. The molecular weight excluding hydrogens is 719 g/mol. The van der Waals surface area contributed by atoms with Crippen molar-refractivity contribution in [1.82, 2.24) is 0 Å². The third-order valence-corrected chi connectivity index (χ3v) is 0. The van der Waals surface area contributed by atoms with Crippen molar-refractivity contribution >= 4 is 0 Å². The van der Waals surface area contributed by atoms with Crippen LogP contribution in [0.4, 0.5) is 0 Å². The second-order valence-corrected chi connectivity index (χ2v) is 0. The molecular formula is H30O15Ti10. The van der Waals surface area contributed by atoms with E-state index in [1.54, 1.807) is 0 Å². The van der Waals surface area contributed by atoms with E-state index in [4.69, 9.17) is 0 Å². The van der Waals surface area contributed by atoms with Crippen molar-refractivity contribution in [3.8, 4) is 0 Å². The van der Waals surface area contributed by atoms with E-state index in [2.05, 4.69) is 0 Å². The average molecular weight is 749 g/mol. The Kier molecular flexibility index (Phi) is 17100. The second kappa shape index (κ2) is 623. The molecule has 0 heterocycles. The zero-order valence-electron chi connectivity index (χ0n) is 12.5. The van der Waals surface area contributed by atoms with Gasteiger partial charge in [0.1, 0.15) is 0 Å². The maximum Gasteiger partial charge on any atom is 0 e. The van der Waals surface area contributed by atoms with Crippen molar-refractivity contribution in [2.24, 2.45) is 0 Å². The normalized spacial score (nSPS) is 0. The molecule has 0 fully saturated rings. The van der Waals surface area contributed by atoms with Crippen LogP contribution in [0.1, 0.15) is 0 Å². The van der Waals surface area contributed by atoms with Gasteiger partial charge < -0.3 is 82.1 Å². The molecule has 0 bridgehead atoms. The smallest absolute Gasteiger partial charge is 0 e. The van der Waals surface area contributed by atoms with Crippen LogP contribution in [0.3, 0.4) is 0 Å².